The van der Waals surface area contributed by atoms with Gasteiger partial charge in [0.2, 0.25) is 5.91 Å². The maximum absolute atomic E-state index is 11.9. The van der Waals surface area contributed by atoms with Crippen LogP contribution in [-0.4, -0.2) is 36.5 Å². The molecule has 3 heteroatoms. The Bertz CT molecular complexity index is 286. The zero-order valence-corrected chi connectivity index (χ0v) is 13.0. The fourth-order valence-corrected chi connectivity index (χ4v) is 2.05. The molecule has 1 saturated heterocycles. The van der Waals surface area contributed by atoms with Gasteiger partial charge in [0.1, 0.15) is 0 Å². The number of hydrogen-bond donors (Lipinski definition) is 1. The molecule has 0 radical (unpaired) electrons. The molecule has 0 saturated carbocycles. The van der Waals surface area contributed by atoms with Crippen molar-refractivity contribution in [2.24, 2.45) is 10.8 Å². The molecule has 1 heterocycles. The molecule has 1 aliphatic rings. The van der Waals surface area contributed by atoms with E-state index >= 15 is 0 Å². The van der Waals surface area contributed by atoms with Gasteiger partial charge in [-0.05, 0) is 24.8 Å². The molecule has 1 amide bonds. The Hall–Kier alpha value is -0.570. The number of carbonyl (C=O) groups excluding carboxylic acids is 1. The average Bonchev–Trinajstić information content (AvgIpc) is 2.60. The van der Waals surface area contributed by atoms with Gasteiger partial charge < -0.3 is 10.2 Å². The van der Waals surface area contributed by atoms with E-state index in [2.05, 4.69) is 31.0 Å². The second-order valence-corrected chi connectivity index (χ2v) is 7.82. The van der Waals surface area contributed by atoms with E-state index in [-0.39, 0.29) is 11.3 Å². The highest BCUT2D eigenvalue weighted by Gasteiger charge is 2.28. The van der Waals surface area contributed by atoms with Crippen LogP contribution >= 0.6 is 0 Å². The lowest BCUT2D eigenvalue weighted by atomic mass is 9.92. The van der Waals surface area contributed by atoms with Crippen LogP contribution in [0, 0.1) is 10.8 Å². The maximum atomic E-state index is 11.9. The van der Waals surface area contributed by atoms with Crippen LogP contribution in [0.4, 0.5) is 0 Å². The summed E-state index contributed by atoms with van der Waals surface area (Å²) in [6.45, 7) is 16.0. The second-order valence-electron chi connectivity index (χ2n) is 7.82. The zero-order chi connectivity index (χ0) is 14.0. The first-order chi connectivity index (χ1) is 8.08. The van der Waals surface area contributed by atoms with Gasteiger partial charge in [-0.2, -0.15) is 0 Å². The van der Waals surface area contributed by atoms with Crippen molar-refractivity contribution in [1.29, 1.82) is 0 Å². The molecular formula is C15H30N2O. The van der Waals surface area contributed by atoms with Crippen molar-refractivity contribution >= 4 is 5.91 Å². The fourth-order valence-electron chi connectivity index (χ4n) is 2.05. The fraction of sp³-hybridized carbons (Fsp3) is 0.933. The molecule has 1 fully saturated rings. The molecular weight excluding hydrogens is 224 g/mol. The Morgan fingerprint density at radius 1 is 1.22 bits per heavy atom. The Balaban J connectivity index is 2.32. The summed E-state index contributed by atoms with van der Waals surface area (Å²) in [5.74, 6) is 0.171. The molecule has 1 atom stereocenters. The highest BCUT2D eigenvalue weighted by atomic mass is 16.2. The predicted molar refractivity (Wildman–Crippen MR) is 76.5 cm³/mol. The monoisotopic (exact) mass is 254 g/mol. The molecule has 106 valence electrons. The van der Waals surface area contributed by atoms with Crippen LogP contribution in [0.3, 0.4) is 0 Å². The van der Waals surface area contributed by atoms with Crippen LogP contribution in [0.25, 0.3) is 0 Å². The molecule has 0 aliphatic carbocycles. The minimum absolute atomic E-state index is 0.171. The lowest BCUT2D eigenvalue weighted by molar-refractivity contribution is -0.129. The minimum Gasteiger partial charge on any atom is -0.352 e. The Kier molecular flexibility index (Phi) is 4.82. The minimum atomic E-state index is -0.279. The Labute approximate surface area is 112 Å². The van der Waals surface area contributed by atoms with Gasteiger partial charge in [0.25, 0.3) is 0 Å². The van der Waals surface area contributed by atoms with Crippen molar-refractivity contribution in [3.63, 3.8) is 0 Å². The summed E-state index contributed by atoms with van der Waals surface area (Å²) in [5, 5.41) is 3.17. The van der Waals surface area contributed by atoms with Gasteiger partial charge in [-0.1, -0.05) is 41.5 Å². The van der Waals surface area contributed by atoms with Crippen LogP contribution in [0.5, 0.6) is 0 Å². The van der Waals surface area contributed by atoms with Crippen molar-refractivity contribution in [3.8, 4) is 0 Å². The van der Waals surface area contributed by atoms with Gasteiger partial charge in [0, 0.05) is 24.5 Å². The second kappa shape index (κ2) is 5.60. The van der Waals surface area contributed by atoms with Crippen LogP contribution < -0.4 is 5.32 Å². The third-order valence-electron chi connectivity index (χ3n) is 3.47. The largest absolute Gasteiger partial charge is 0.352 e. The molecule has 0 aromatic rings. The van der Waals surface area contributed by atoms with Gasteiger partial charge >= 0.3 is 0 Å². The summed E-state index contributed by atoms with van der Waals surface area (Å²) in [4.78, 5) is 14.4. The Morgan fingerprint density at radius 2 is 1.83 bits per heavy atom. The number of rotatable bonds is 3. The van der Waals surface area contributed by atoms with E-state index in [1.807, 2.05) is 20.8 Å². The topological polar surface area (TPSA) is 32.3 Å². The van der Waals surface area contributed by atoms with E-state index in [1.54, 1.807) is 0 Å². The summed E-state index contributed by atoms with van der Waals surface area (Å²) in [7, 11) is 0. The SMILES string of the molecule is CC(C)(C)CCN1CCC(NC(=O)C(C)(C)C)C1. The smallest absolute Gasteiger partial charge is 0.225 e. The van der Waals surface area contributed by atoms with Crippen molar-refractivity contribution in [3.05, 3.63) is 0 Å². The summed E-state index contributed by atoms with van der Waals surface area (Å²) in [6.07, 6.45) is 2.30. The molecule has 1 rings (SSSR count). The van der Waals surface area contributed by atoms with Gasteiger partial charge in [-0.25, -0.2) is 0 Å². The molecule has 0 bridgehead atoms. The number of amides is 1. The molecule has 0 spiro atoms. The van der Waals surface area contributed by atoms with E-state index in [0.717, 1.165) is 26.1 Å². The van der Waals surface area contributed by atoms with Crippen molar-refractivity contribution in [1.82, 2.24) is 10.2 Å². The van der Waals surface area contributed by atoms with E-state index in [4.69, 9.17) is 0 Å². The highest BCUT2D eigenvalue weighted by molar-refractivity contribution is 5.81. The van der Waals surface area contributed by atoms with E-state index in [1.165, 1.54) is 6.42 Å². The third-order valence-corrected chi connectivity index (χ3v) is 3.47. The van der Waals surface area contributed by atoms with E-state index in [9.17, 15) is 4.79 Å². The normalized spacial score (nSPS) is 22.2. The lowest BCUT2D eigenvalue weighted by Crippen LogP contribution is -2.43. The lowest BCUT2D eigenvalue weighted by Gasteiger charge is -2.24. The van der Waals surface area contributed by atoms with Crippen LogP contribution in [0.2, 0.25) is 0 Å². The molecule has 1 N–H and O–H groups in total. The molecule has 0 aromatic heterocycles. The van der Waals surface area contributed by atoms with E-state index < -0.39 is 0 Å². The predicted octanol–water partition coefficient (Wildman–Crippen LogP) is 2.66. The van der Waals surface area contributed by atoms with Crippen molar-refractivity contribution < 1.29 is 4.79 Å². The first kappa shape index (κ1) is 15.5. The molecule has 1 aliphatic heterocycles. The summed E-state index contributed by atoms with van der Waals surface area (Å²) < 4.78 is 0. The van der Waals surface area contributed by atoms with E-state index in [0.29, 0.717) is 11.5 Å². The highest BCUT2D eigenvalue weighted by Crippen LogP contribution is 2.21. The quantitative estimate of drug-likeness (QED) is 0.840. The summed E-state index contributed by atoms with van der Waals surface area (Å²) >= 11 is 0. The van der Waals surface area contributed by atoms with Crippen LogP contribution in [-0.2, 0) is 4.79 Å². The molecule has 3 nitrogen and oxygen atoms in total. The first-order valence-corrected chi connectivity index (χ1v) is 7.11. The Morgan fingerprint density at radius 3 is 2.33 bits per heavy atom. The molecule has 18 heavy (non-hydrogen) atoms. The zero-order valence-electron chi connectivity index (χ0n) is 13.0. The molecule has 1 unspecified atom stereocenters. The molecule has 0 aromatic carbocycles. The maximum Gasteiger partial charge on any atom is 0.225 e. The van der Waals surface area contributed by atoms with Crippen LogP contribution in [0.1, 0.15) is 54.4 Å². The van der Waals surface area contributed by atoms with Gasteiger partial charge in [-0.3, -0.25) is 4.79 Å². The van der Waals surface area contributed by atoms with Crippen LogP contribution in [0.15, 0.2) is 0 Å². The third kappa shape index (κ3) is 5.38. The number of likely N-dealkylation sites (tertiary alicyclic amines) is 1. The number of nitrogens with one attached hydrogen (secondary N) is 1. The average molecular weight is 254 g/mol. The first-order valence-electron chi connectivity index (χ1n) is 7.11. The standard InChI is InChI=1S/C15H30N2O/c1-14(2,3)8-10-17-9-7-12(11-17)16-13(18)15(4,5)6/h12H,7-11H2,1-6H3,(H,16,18). The summed E-state index contributed by atoms with van der Waals surface area (Å²) in [6, 6.07) is 0.344. The van der Waals surface area contributed by atoms with Crippen molar-refractivity contribution in [2.75, 3.05) is 19.6 Å². The number of carbonyl (C=O) groups is 1. The van der Waals surface area contributed by atoms with Crippen molar-refractivity contribution in [2.45, 2.75) is 60.4 Å². The number of nitrogens with zero attached hydrogens (tertiary/aromatic N) is 1. The van der Waals surface area contributed by atoms with Gasteiger partial charge in [0.05, 0.1) is 0 Å². The summed E-state index contributed by atoms with van der Waals surface area (Å²) in [5.41, 5.74) is 0.117. The number of hydrogen-bond acceptors (Lipinski definition) is 2. The van der Waals surface area contributed by atoms with Gasteiger partial charge in [0.15, 0.2) is 0 Å². The van der Waals surface area contributed by atoms with Gasteiger partial charge in [-0.15, -0.1) is 0 Å².